The largest absolute Gasteiger partial charge is 0.481 e. The summed E-state index contributed by atoms with van der Waals surface area (Å²) in [5, 5.41) is 0.619. The van der Waals surface area contributed by atoms with Gasteiger partial charge in [0.1, 0.15) is 0 Å². The lowest BCUT2D eigenvalue weighted by molar-refractivity contribution is -0.120. The van der Waals surface area contributed by atoms with Crippen LogP contribution in [-0.4, -0.2) is 49.6 Å². The lowest BCUT2D eigenvalue weighted by atomic mass is 10.3. The number of carbonyl (C=O) groups excluding carboxylic acids is 1. The molecule has 29 heavy (non-hydrogen) atoms. The molecule has 5 nitrogen and oxygen atoms in total. The predicted molar refractivity (Wildman–Crippen MR) is 122 cm³/mol. The third-order valence-electron chi connectivity index (χ3n) is 4.05. The zero-order valence-electron chi connectivity index (χ0n) is 16.1. The first-order valence-electron chi connectivity index (χ1n) is 8.82. The average Bonchev–Trinajstić information content (AvgIpc) is 3.06. The number of para-hydroxylation sites is 1. The number of anilines is 1. The van der Waals surface area contributed by atoms with Gasteiger partial charge in [0.2, 0.25) is 0 Å². The summed E-state index contributed by atoms with van der Waals surface area (Å²) in [4.78, 5) is 21.2. The smallest absolute Gasteiger partial charge is 0.266 e. The molecule has 1 amide bonds. The molecule has 0 N–H and O–H groups in total. The van der Waals surface area contributed by atoms with Gasteiger partial charge in [-0.3, -0.25) is 9.69 Å². The van der Waals surface area contributed by atoms with Gasteiger partial charge in [-0.05, 0) is 57.4 Å². The van der Waals surface area contributed by atoms with Crippen molar-refractivity contribution in [2.24, 2.45) is 0 Å². The van der Waals surface area contributed by atoms with Crippen LogP contribution in [0, 0.1) is 5.82 Å². The number of carbonyl (C=O) groups is 1. The van der Waals surface area contributed by atoms with E-state index in [0.717, 1.165) is 27.7 Å². The highest BCUT2D eigenvalue weighted by Gasteiger charge is 2.21. The van der Waals surface area contributed by atoms with Crippen LogP contribution in [0.25, 0.3) is 10.2 Å². The summed E-state index contributed by atoms with van der Waals surface area (Å²) in [6.07, 6.45) is 0.790. The number of halogens is 3. The third kappa shape index (κ3) is 6.37. The molecule has 0 saturated heterocycles. The normalized spacial score (nSPS) is 10.8. The lowest BCUT2D eigenvalue weighted by Crippen LogP contribution is -2.37. The van der Waals surface area contributed by atoms with E-state index in [2.05, 4.69) is 25.8 Å². The fourth-order valence-corrected chi connectivity index (χ4v) is 4.21. The first-order chi connectivity index (χ1) is 13.4. The molecule has 0 aliphatic heterocycles. The lowest BCUT2D eigenvalue weighted by Gasteiger charge is -2.21. The van der Waals surface area contributed by atoms with Gasteiger partial charge in [0, 0.05) is 11.0 Å². The van der Waals surface area contributed by atoms with Crippen LogP contribution < -0.4 is 9.64 Å². The van der Waals surface area contributed by atoms with E-state index in [1.54, 1.807) is 17.0 Å². The second-order valence-corrected chi connectivity index (χ2v) is 8.45. The second-order valence-electron chi connectivity index (χ2n) is 6.53. The molecule has 0 atom stereocenters. The van der Waals surface area contributed by atoms with Gasteiger partial charge in [0.15, 0.2) is 23.3 Å². The van der Waals surface area contributed by atoms with Crippen molar-refractivity contribution in [2.75, 3.05) is 38.7 Å². The molecule has 0 aliphatic carbocycles. The van der Waals surface area contributed by atoms with E-state index in [9.17, 15) is 9.18 Å². The number of benzene rings is 2. The Balaban J connectivity index is 0.00000300. The molecule has 0 spiro atoms. The third-order valence-corrected chi connectivity index (χ3v) is 5.58. The van der Waals surface area contributed by atoms with Gasteiger partial charge in [0.05, 0.1) is 10.2 Å². The molecule has 3 rings (SSSR count). The standard InChI is InChI=1S/C20H21BrFN3O2S.ClH/c1-24(2)10-5-11-25(19(26)13-27-17-7-4-3-6-15(17)22)20-23-16-9-8-14(21)12-18(16)28-20;/h3-4,6-9,12H,5,10-11,13H2,1-2H3;1H. The van der Waals surface area contributed by atoms with Gasteiger partial charge in [-0.2, -0.15) is 0 Å². The van der Waals surface area contributed by atoms with Crippen LogP contribution in [0.15, 0.2) is 46.9 Å². The molecule has 2 aromatic carbocycles. The van der Waals surface area contributed by atoms with E-state index in [-0.39, 0.29) is 30.7 Å². The Hall–Kier alpha value is -1.74. The van der Waals surface area contributed by atoms with Crippen LogP contribution in [0.4, 0.5) is 9.52 Å². The van der Waals surface area contributed by atoms with Crippen LogP contribution >= 0.6 is 39.7 Å². The topological polar surface area (TPSA) is 45.7 Å². The quantitative estimate of drug-likeness (QED) is 0.436. The maximum atomic E-state index is 13.8. The summed E-state index contributed by atoms with van der Waals surface area (Å²) in [6, 6.07) is 11.9. The summed E-state index contributed by atoms with van der Waals surface area (Å²) in [5.74, 6) is -0.670. The van der Waals surface area contributed by atoms with Crippen molar-refractivity contribution in [1.29, 1.82) is 0 Å². The summed E-state index contributed by atoms with van der Waals surface area (Å²) in [5.41, 5.74) is 0.837. The van der Waals surface area contributed by atoms with Crippen molar-refractivity contribution < 1.29 is 13.9 Å². The van der Waals surface area contributed by atoms with Crippen molar-refractivity contribution in [1.82, 2.24) is 9.88 Å². The molecule has 9 heteroatoms. The molecule has 0 saturated carbocycles. The van der Waals surface area contributed by atoms with E-state index in [1.807, 2.05) is 32.3 Å². The zero-order chi connectivity index (χ0) is 20.1. The van der Waals surface area contributed by atoms with E-state index in [1.165, 1.54) is 23.5 Å². The summed E-state index contributed by atoms with van der Waals surface area (Å²) >= 11 is 4.91. The molecule has 0 unspecified atom stereocenters. The highest BCUT2D eigenvalue weighted by molar-refractivity contribution is 9.10. The number of aromatic nitrogens is 1. The van der Waals surface area contributed by atoms with Crippen molar-refractivity contribution in [3.05, 3.63) is 52.8 Å². The minimum atomic E-state index is -0.487. The van der Waals surface area contributed by atoms with Crippen LogP contribution in [0.3, 0.4) is 0 Å². The number of ether oxygens (including phenoxy) is 1. The van der Waals surface area contributed by atoms with E-state index < -0.39 is 5.82 Å². The first kappa shape index (κ1) is 23.5. The van der Waals surface area contributed by atoms with E-state index in [4.69, 9.17) is 4.74 Å². The monoisotopic (exact) mass is 501 g/mol. The molecule has 1 aromatic heterocycles. The van der Waals surface area contributed by atoms with Crippen molar-refractivity contribution >= 4 is 60.9 Å². The highest BCUT2D eigenvalue weighted by atomic mass is 79.9. The minimum absolute atomic E-state index is 0. The average molecular weight is 503 g/mol. The predicted octanol–water partition coefficient (Wildman–Crippen LogP) is 4.98. The molecule has 0 radical (unpaired) electrons. The van der Waals surface area contributed by atoms with Gasteiger partial charge in [-0.25, -0.2) is 9.37 Å². The molecule has 3 aromatic rings. The number of amides is 1. The van der Waals surface area contributed by atoms with Gasteiger partial charge < -0.3 is 9.64 Å². The highest BCUT2D eigenvalue weighted by Crippen LogP contribution is 2.31. The van der Waals surface area contributed by atoms with Crippen molar-refractivity contribution in [3.8, 4) is 5.75 Å². The number of hydrogen-bond acceptors (Lipinski definition) is 5. The number of thiazole rings is 1. The van der Waals surface area contributed by atoms with Gasteiger partial charge in [-0.1, -0.05) is 39.4 Å². The summed E-state index contributed by atoms with van der Waals surface area (Å²) in [6.45, 7) is 1.11. The van der Waals surface area contributed by atoms with Crippen molar-refractivity contribution in [2.45, 2.75) is 6.42 Å². The van der Waals surface area contributed by atoms with Crippen LogP contribution in [0.2, 0.25) is 0 Å². The Bertz CT molecular complexity index is 970. The fourth-order valence-electron chi connectivity index (χ4n) is 2.65. The summed E-state index contributed by atoms with van der Waals surface area (Å²) < 4.78 is 21.1. The number of nitrogens with zero attached hydrogens (tertiary/aromatic N) is 3. The Morgan fingerprint density at radius 1 is 1.21 bits per heavy atom. The molecule has 0 aliphatic rings. The van der Waals surface area contributed by atoms with Crippen LogP contribution in [-0.2, 0) is 4.79 Å². The van der Waals surface area contributed by atoms with Crippen LogP contribution in [0.5, 0.6) is 5.75 Å². The number of fused-ring (bicyclic) bond motifs is 1. The van der Waals surface area contributed by atoms with Crippen molar-refractivity contribution in [3.63, 3.8) is 0 Å². The van der Waals surface area contributed by atoms with Crippen LogP contribution in [0.1, 0.15) is 6.42 Å². The minimum Gasteiger partial charge on any atom is -0.481 e. The molecular formula is C20H22BrClFN3O2S. The van der Waals surface area contributed by atoms with Gasteiger partial charge in [0.25, 0.3) is 5.91 Å². The molecule has 1 heterocycles. The number of rotatable bonds is 8. The Kier molecular flexibility index (Phi) is 8.82. The van der Waals surface area contributed by atoms with Gasteiger partial charge in [-0.15, -0.1) is 12.4 Å². The Labute approximate surface area is 188 Å². The second kappa shape index (κ2) is 10.9. The first-order valence-corrected chi connectivity index (χ1v) is 10.4. The maximum absolute atomic E-state index is 13.8. The molecule has 156 valence electrons. The fraction of sp³-hybridized carbons (Fsp3) is 0.300. The number of hydrogen-bond donors (Lipinski definition) is 0. The van der Waals surface area contributed by atoms with Gasteiger partial charge >= 0.3 is 0 Å². The van der Waals surface area contributed by atoms with E-state index in [0.29, 0.717) is 11.7 Å². The maximum Gasteiger partial charge on any atom is 0.266 e. The zero-order valence-corrected chi connectivity index (χ0v) is 19.3. The molecular weight excluding hydrogens is 481 g/mol. The molecule has 0 bridgehead atoms. The Morgan fingerprint density at radius 3 is 2.69 bits per heavy atom. The Morgan fingerprint density at radius 2 is 1.97 bits per heavy atom. The SMILES string of the molecule is CN(C)CCCN(C(=O)COc1ccccc1F)c1nc2ccc(Br)cc2s1.Cl. The molecule has 0 fully saturated rings. The summed E-state index contributed by atoms with van der Waals surface area (Å²) in [7, 11) is 3.98. The van der Waals surface area contributed by atoms with E-state index >= 15 is 0 Å².